The van der Waals surface area contributed by atoms with Crippen molar-refractivity contribution in [1.29, 1.82) is 0 Å². The molecule has 1 aromatic carbocycles. The summed E-state index contributed by atoms with van der Waals surface area (Å²) in [5, 5.41) is 0. The molecule has 1 amide bonds. The van der Waals surface area contributed by atoms with E-state index in [1.165, 1.54) is 7.11 Å². The van der Waals surface area contributed by atoms with Gasteiger partial charge in [0.05, 0.1) is 19.2 Å². The molecule has 1 heterocycles. The number of fused-ring (bicyclic) bond motifs is 1. The van der Waals surface area contributed by atoms with Crippen molar-refractivity contribution in [1.82, 2.24) is 0 Å². The van der Waals surface area contributed by atoms with Crippen LogP contribution in [0.15, 0.2) is 24.3 Å². The van der Waals surface area contributed by atoms with E-state index in [4.69, 9.17) is 9.47 Å². The van der Waals surface area contributed by atoms with Crippen LogP contribution < -0.4 is 4.90 Å². The van der Waals surface area contributed by atoms with Crippen molar-refractivity contribution in [2.75, 3.05) is 18.6 Å². The second-order valence-electron chi connectivity index (χ2n) is 6.90. The number of anilines is 1. The molecule has 1 aliphatic rings. The fourth-order valence-electron chi connectivity index (χ4n) is 2.76. The molecule has 22 heavy (non-hydrogen) atoms. The van der Waals surface area contributed by atoms with Crippen molar-refractivity contribution >= 4 is 17.7 Å². The Kier molecular flexibility index (Phi) is 4.18. The first-order chi connectivity index (χ1) is 10.2. The third kappa shape index (κ3) is 3.24. The first-order valence-electron chi connectivity index (χ1n) is 7.33. The van der Waals surface area contributed by atoms with Gasteiger partial charge >= 0.3 is 12.1 Å². The van der Waals surface area contributed by atoms with Crippen LogP contribution in [0.5, 0.6) is 0 Å². The molecule has 1 unspecified atom stereocenters. The number of carbonyl (C=O) groups excluding carboxylic acids is 2. The van der Waals surface area contributed by atoms with Gasteiger partial charge in [-0.05, 0) is 32.4 Å². The molecular formula is C17H23NO4. The summed E-state index contributed by atoms with van der Waals surface area (Å²) in [5.41, 5.74) is 0.725. The maximum Gasteiger partial charge on any atom is 0.414 e. The molecule has 0 aromatic heterocycles. The van der Waals surface area contributed by atoms with Gasteiger partial charge in [-0.2, -0.15) is 0 Å². The smallest absolute Gasteiger partial charge is 0.414 e. The Morgan fingerprint density at radius 2 is 1.91 bits per heavy atom. The Hall–Kier alpha value is -2.04. The molecular weight excluding hydrogens is 282 g/mol. The maximum absolute atomic E-state index is 12.5. The van der Waals surface area contributed by atoms with Crippen molar-refractivity contribution in [3.63, 3.8) is 0 Å². The standard InChI is InChI=1S/C17H23NO4/c1-16(2,3)22-15(20)18-11-17(4,10-14(19)21-5)12-8-6-7-9-13(12)18/h6-9H,10-11H2,1-5H3. The second kappa shape index (κ2) is 5.63. The van der Waals surface area contributed by atoms with Gasteiger partial charge in [-0.3, -0.25) is 9.69 Å². The highest BCUT2D eigenvalue weighted by Gasteiger charge is 2.43. The number of carbonyl (C=O) groups is 2. The Morgan fingerprint density at radius 1 is 1.27 bits per heavy atom. The third-order valence-electron chi connectivity index (χ3n) is 3.73. The number of amides is 1. The quantitative estimate of drug-likeness (QED) is 0.787. The van der Waals surface area contributed by atoms with E-state index in [2.05, 4.69) is 0 Å². The number of nitrogens with zero attached hydrogens (tertiary/aromatic N) is 1. The number of benzene rings is 1. The predicted molar refractivity (Wildman–Crippen MR) is 84.0 cm³/mol. The molecule has 120 valence electrons. The number of hydrogen-bond donors (Lipinski definition) is 0. The molecule has 0 N–H and O–H groups in total. The molecule has 1 aromatic rings. The van der Waals surface area contributed by atoms with E-state index in [1.807, 2.05) is 52.0 Å². The van der Waals surface area contributed by atoms with Gasteiger partial charge in [-0.15, -0.1) is 0 Å². The van der Waals surface area contributed by atoms with Crippen molar-refractivity contribution in [3.8, 4) is 0 Å². The number of hydrogen-bond acceptors (Lipinski definition) is 4. The predicted octanol–water partition coefficient (Wildman–Crippen LogP) is 3.26. The number of para-hydroxylation sites is 1. The Labute approximate surface area is 131 Å². The number of rotatable bonds is 2. The van der Waals surface area contributed by atoms with Crippen molar-refractivity contribution in [3.05, 3.63) is 29.8 Å². The molecule has 2 rings (SSSR count). The van der Waals surface area contributed by atoms with Crippen molar-refractivity contribution in [2.45, 2.75) is 45.1 Å². The molecule has 0 saturated carbocycles. The van der Waals surface area contributed by atoms with Gasteiger partial charge in [-0.25, -0.2) is 4.79 Å². The van der Waals surface area contributed by atoms with E-state index >= 15 is 0 Å². The molecule has 5 nitrogen and oxygen atoms in total. The first kappa shape index (κ1) is 16.3. The zero-order valence-electron chi connectivity index (χ0n) is 13.8. The van der Waals surface area contributed by atoms with Crippen LogP contribution in [0.25, 0.3) is 0 Å². The lowest BCUT2D eigenvalue weighted by Gasteiger charge is -2.27. The fourth-order valence-corrected chi connectivity index (χ4v) is 2.76. The van der Waals surface area contributed by atoms with Crippen LogP contribution in [0.4, 0.5) is 10.5 Å². The monoisotopic (exact) mass is 305 g/mol. The Morgan fingerprint density at radius 3 is 2.50 bits per heavy atom. The number of ether oxygens (including phenoxy) is 2. The molecule has 0 radical (unpaired) electrons. The van der Waals surface area contributed by atoms with Crippen LogP contribution in [0.3, 0.4) is 0 Å². The average Bonchev–Trinajstić information content (AvgIpc) is 2.71. The largest absolute Gasteiger partial charge is 0.469 e. The molecule has 0 aliphatic carbocycles. The molecule has 1 atom stereocenters. The summed E-state index contributed by atoms with van der Waals surface area (Å²) in [6.45, 7) is 7.87. The first-order valence-corrected chi connectivity index (χ1v) is 7.33. The zero-order chi connectivity index (χ0) is 16.5. The molecule has 1 aliphatic heterocycles. The molecule has 0 bridgehead atoms. The maximum atomic E-state index is 12.5. The van der Waals surface area contributed by atoms with Gasteiger partial charge in [0.15, 0.2) is 0 Å². The number of methoxy groups -OCH3 is 1. The van der Waals surface area contributed by atoms with E-state index < -0.39 is 17.1 Å². The van der Waals surface area contributed by atoms with Gasteiger partial charge < -0.3 is 9.47 Å². The summed E-state index contributed by atoms with van der Waals surface area (Å²) in [6, 6.07) is 7.61. The van der Waals surface area contributed by atoms with Crippen molar-refractivity contribution < 1.29 is 19.1 Å². The summed E-state index contributed by atoms with van der Waals surface area (Å²) in [6.07, 6.45) is -0.173. The molecule has 0 saturated heterocycles. The Bertz CT molecular complexity index is 591. The molecule has 0 fully saturated rings. The third-order valence-corrected chi connectivity index (χ3v) is 3.73. The van der Waals surface area contributed by atoms with E-state index in [0.717, 1.165) is 11.3 Å². The van der Waals surface area contributed by atoms with E-state index in [0.29, 0.717) is 6.54 Å². The van der Waals surface area contributed by atoms with Gasteiger partial charge in [0.25, 0.3) is 0 Å². The minimum absolute atomic E-state index is 0.222. The second-order valence-corrected chi connectivity index (χ2v) is 6.90. The lowest BCUT2D eigenvalue weighted by molar-refractivity contribution is -0.141. The van der Waals surface area contributed by atoms with Crippen LogP contribution in [0.1, 0.15) is 39.7 Å². The van der Waals surface area contributed by atoms with Crippen LogP contribution in [0, 0.1) is 0 Å². The highest BCUT2D eigenvalue weighted by molar-refractivity contribution is 5.92. The lowest BCUT2D eigenvalue weighted by Crippen LogP contribution is -2.40. The van der Waals surface area contributed by atoms with E-state index in [9.17, 15) is 9.59 Å². The van der Waals surface area contributed by atoms with Gasteiger partial charge in [0.1, 0.15) is 5.60 Å². The summed E-state index contributed by atoms with van der Waals surface area (Å²) in [4.78, 5) is 25.8. The topological polar surface area (TPSA) is 55.8 Å². The van der Waals surface area contributed by atoms with Crippen LogP contribution in [-0.2, 0) is 19.7 Å². The lowest BCUT2D eigenvalue weighted by atomic mass is 9.81. The van der Waals surface area contributed by atoms with Crippen molar-refractivity contribution in [2.24, 2.45) is 0 Å². The zero-order valence-corrected chi connectivity index (χ0v) is 13.8. The normalized spacial score (nSPS) is 20.5. The summed E-state index contributed by atoms with van der Waals surface area (Å²) >= 11 is 0. The number of esters is 1. The van der Waals surface area contributed by atoms with E-state index in [1.54, 1.807) is 4.90 Å². The summed E-state index contributed by atoms with van der Waals surface area (Å²) < 4.78 is 10.3. The molecule has 0 spiro atoms. The van der Waals surface area contributed by atoms with Gasteiger partial charge in [0, 0.05) is 12.0 Å². The molecule has 5 heteroatoms. The van der Waals surface area contributed by atoms with Crippen LogP contribution in [0.2, 0.25) is 0 Å². The Balaban J connectivity index is 2.33. The minimum Gasteiger partial charge on any atom is -0.469 e. The highest BCUT2D eigenvalue weighted by atomic mass is 16.6. The highest BCUT2D eigenvalue weighted by Crippen LogP contribution is 2.43. The summed E-state index contributed by atoms with van der Waals surface area (Å²) in [7, 11) is 1.37. The SMILES string of the molecule is COC(=O)CC1(C)CN(C(=O)OC(C)(C)C)c2ccccc21. The van der Waals surface area contributed by atoms with Crippen LogP contribution >= 0.6 is 0 Å². The van der Waals surface area contributed by atoms with Crippen LogP contribution in [-0.4, -0.2) is 31.3 Å². The fraction of sp³-hybridized carbons (Fsp3) is 0.529. The average molecular weight is 305 g/mol. The van der Waals surface area contributed by atoms with Gasteiger partial charge in [-0.1, -0.05) is 25.1 Å². The van der Waals surface area contributed by atoms with Gasteiger partial charge in [0.2, 0.25) is 0 Å². The van der Waals surface area contributed by atoms with E-state index in [-0.39, 0.29) is 12.4 Å². The summed E-state index contributed by atoms with van der Waals surface area (Å²) in [5.74, 6) is -0.289. The minimum atomic E-state index is -0.562.